The molecule has 1 saturated heterocycles. The van der Waals surface area contributed by atoms with E-state index in [1.54, 1.807) is 18.2 Å². The molecule has 6 nitrogen and oxygen atoms in total. The summed E-state index contributed by atoms with van der Waals surface area (Å²) in [5, 5.41) is 3.60. The molecular formula is C13H15N3O3S. The molecule has 3 rings (SSSR count). The summed E-state index contributed by atoms with van der Waals surface area (Å²) in [6.07, 6.45) is 0.473. The lowest BCUT2D eigenvalue weighted by Gasteiger charge is -2.09. The van der Waals surface area contributed by atoms with Crippen molar-refractivity contribution < 1.29 is 13.2 Å². The third kappa shape index (κ3) is 2.49. The Balaban J connectivity index is 1.79. The summed E-state index contributed by atoms with van der Waals surface area (Å²) >= 11 is 0. The van der Waals surface area contributed by atoms with Gasteiger partial charge < -0.3 is 16.0 Å². The van der Waals surface area contributed by atoms with Crippen molar-refractivity contribution in [3.8, 4) is 0 Å². The average Bonchev–Trinajstić information content (AvgIpc) is 2.92. The second kappa shape index (κ2) is 4.52. The predicted octanol–water partition coefficient (Wildman–Crippen LogP) is 0.667. The van der Waals surface area contributed by atoms with E-state index in [0.717, 1.165) is 10.9 Å². The minimum absolute atomic E-state index is 0.0198. The van der Waals surface area contributed by atoms with Gasteiger partial charge in [0.25, 0.3) is 5.91 Å². The Bertz CT molecular complexity index is 779. The first-order valence-corrected chi connectivity index (χ1v) is 8.15. The Hall–Kier alpha value is -2.02. The lowest BCUT2D eigenvalue weighted by molar-refractivity contribution is 0.0937. The quantitative estimate of drug-likeness (QED) is 0.707. The van der Waals surface area contributed by atoms with Gasteiger partial charge in [0.15, 0.2) is 9.84 Å². The van der Waals surface area contributed by atoms with E-state index in [-0.39, 0.29) is 23.5 Å². The van der Waals surface area contributed by atoms with E-state index in [0.29, 0.717) is 17.8 Å². The summed E-state index contributed by atoms with van der Waals surface area (Å²) < 4.78 is 22.7. The highest BCUT2D eigenvalue weighted by molar-refractivity contribution is 7.91. The number of anilines is 1. The molecule has 0 spiro atoms. The first kappa shape index (κ1) is 13.0. The van der Waals surface area contributed by atoms with E-state index in [2.05, 4.69) is 10.3 Å². The minimum atomic E-state index is -2.99. The van der Waals surface area contributed by atoms with Crippen molar-refractivity contribution in [2.75, 3.05) is 17.2 Å². The summed E-state index contributed by atoms with van der Waals surface area (Å²) in [4.78, 5) is 15.1. The number of hydrogen-bond acceptors (Lipinski definition) is 4. The van der Waals surface area contributed by atoms with Crippen LogP contribution in [0.3, 0.4) is 0 Å². The van der Waals surface area contributed by atoms with E-state index in [4.69, 9.17) is 5.73 Å². The fraction of sp³-hybridized carbons (Fsp3) is 0.308. The van der Waals surface area contributed by atoms with E-state index < -0.39 is 9.84 Å². The molecule has 1 amide bonds. The van der Waals surface area contributed by atoms with Crippen LogP contribution in [-0.4, -0.2) is 36.9 Å². The summed E-state index contributed by atoms with van der Waals surface area (Å²) in [6.45, 7) is 0. The number of aromatic nitrogens is 1. The van der Waals surface area contributed by atoms with Crippen molar-refractivity contribution in [1.29, 1.82) is 0 Å². The molecular weight excluding hydrogens is 278 g/mol. The zero-order valence-electron chi connectivity index (χ0n) is 10.7. The normalized spacial score (nSPS) is 21.1. The van der Waals surface area contributed by atoms with Crippen molar-refractivity contribution in [3.05, 3.63) is 30.0 Å². The molecule has 0 radical (unpaired) electrons. The van der Waals surface area contributed by atoms with Crippen molar-refractivity contribution in [1.82, 2.24) is 10.3 Å². The van der Waals surface area contributed by atoms with Crippen molar-refractivity contribution in [3.63, 3.8) is 0 Å². The molecule has 2 heterocycles. The van der Waals surface area contributed by atoms with Gasteiger partial charge in [-0.25, -0.2) is 8.42 Å². The fourth-order valence-corrected chi connectivity index (χ4v) is 4.12. The van der Waals surface area contributed by atoms with Crippen molar-refractivity contribution in [2.45, 2.75) is 12.5 Å². The van der Waals surface area contributed by atoms with Crippen LogP contribution in [0.2, 0.25) is 0 Å². The molecule has 1 aromatic carbocycles. The summed E-state index contributed by atoms with van der Waals surface area (Å²) in [6, 6.07) is 6.75. The van der Waals surface area contributed by atoms with Gasteiger partial charge in [0, 0.05) is 22.6 Å². The molecule has 0 bridgehead atoms. The maximum atomic E-state index is 12.1. The number of rotatable bonds is 2. The lowest BCUT2D eigenvalue weighted by atomic mass is 10.2. The van der Waals surface area contributed by atoms with E-state index in [9.17, 15) is 13.2 Å². The monoisotopic (exact) mass is 293 g/mol. The molecule has 1 atom stereocenters. The highest BCUT2D eigenvalue weighted by Crippen LogP contribution is 2.19. The van der Waals surface area contributed by atoms with Gasteiger partial charge in [-0.2, -0.15) is 0 Å². The van der Waals surface area contributed by atoms with E-state index >= 15 is 0 Å². The second-order valence-electron chi connectivity index (χ2n) is 5.10. The zero-order chi connectivity index (χ0) is 14.3. The molecule has 1 aliphatic heterocycles. The first-order chi connectivity index (χ1) is 9.43. The molecule has 106 valence electrons. The number of carbonyl (C=O) groups is 1. The molecule has 1 aromatic heterocycles. The molecule has 1 aliphatic rings. The molecule has 1 unspecified atom stereocenters. The average molecular weight is 293 g/mol. The van der Waals surface area contributed by atoms with Gasteiger partial charge in [-0.05, 0) is 30.7 Å². The van der Waals surface area contributed by atoms with Crippen LogP contribution in [0.5, 0.6) is 0 Å². The van der Waals surface area contributed by atoms with Crippen LogP contribution in [0.4, 0.5) is 5.69 Å². The third-order valence-corrected chi connectivity index (χ3v) is 5.23. The largest absolute Gasteiger partial charge is 0.399 e. The van der Waals surface area contributed by atoms with Gasteiger partial charge in [0.05, 0.1) is 11.5 Å². The maximum Gasteiger partial charge on any atom is 0.267 e. The van der Waals surface area contributed by atoms with Crippen molar-refractivity contribution >= 4 is 32.3 Å². The Morgan fingerprint density at radius 2 is 2.15 bits per heavy atom. The standard InChI is InChI=1S/C13H15N3O3S/c14-9-1-2-11-8(5-9)6-12(16-11)13(17)15-10-3-4-20(18,19)7-10/h1-2,5-6,10,16H,3-4,7,14H2,(H,15,17). The number of nitrogens with two attached hydrogens (primary N) is 1. The number of nitrogens with one attached hydrogen (secondary N) is 2. The van der Waals surface area contributed by atoms with Crippen LogP contribution in [0.15, 0.2) is 24.3 Å². The molecule has 0 saturated carbocycles. The molecule has 7 heteroatoms. The Labute approximate surface area is 116 Å². The van der Waals surface area contributed by atoms with Gasteiger partial charge in [-0.15, -0.1) is 0 Å². The number of carbonyl (C=O) groups excluding carboxylic acids is 1. The number of amides is 1. The highest BCUT2D eigenvalue weighted by Gasteiger charge is 2.29. The predicted molar refractivity (Wildman–Crippen MR) is 77.2 cm³/mol. The van der Waals surface area contributed by atoms with Gasteiger partial charge in [-0.1, -0.05) is 0 Å². The Morgan fingerprint density at radius 1 is 1.35 bits per heavy atom. The van der Waals surface area contributed by atoms with Crippen LogP contribution >= 0.6 is 0 Å². The second-order valence-corrected chi connectivity index (χ2v) is 7.33. The number of aromatic amines is 1. The van der Waals surface area contributed by atoms with Crippen LogP contribution < -0.4 is 11.1 Å². The summed E-state index contributed by atoms with van der Waals surface area (Å²) in [5.74, 6) is -0.130. The Morgan fingerprint density at radius 3 is 2.85 bits per heavy atom. The maximum absolute atomic E-state index is 12.1. The molecule has 4 N–H and O–H groups in total. The molecule has 2 aromatic rings. The molecule has 1 fully saturated rings. The van der Waals surface area contributed by atoms with Gasteiger partial charge in [-0.3, -0.25) is 4.79 Å². The van der Waals surface area contributed by atoms with Crippen LogP contribution in [-0.2, 0) is 9.84 Å². The topological polar surface area (TPSA) is 105 Å². The van der Waals surface area contributed by atoms with E-state index in [1.807, 2.05) is 6.07 Å². The van der Waals surface area contributed by atoms with Crippen LogP contribution in [0.1, 0.15) is 16.9 Å². The lowest BCUT2D eigenvalue weighted by Crippen LogP contribution is -2.35. The third-order valence-electron chi connectivity index (χ3n) is 3.46. The molecule has 0 aliphatic carbocycles. The number of H-pyrrole nitrogens is 1. The number of fused-ring (bicyclic) bond motifs is 1. The van der Waals surface area contributed by atoms with Crippen LogP contribution in [0.25, 0.3) is 10.9 Å². The summed E-state index contributed by atoms with van der Waals surface area (Å²) in [7, 11) is -2.99. The Kier molecular flexibility index (Phi) is 2.93. The first-order valence-electron chi connectivity index (χ1n) is 6.32. The summed E-state index contributed by atoms with van der Waals surface area (Å²) in [5.41, 5.74) is 7.55. The smallest absolute Gasteiger partial charge is 0.267 e. The highest BCUT2D eigenvalue weighted by atomic mass is 32.2. The number of hydrogen-bond donors (Lipinski definition) is 3. The number of nitrogen functional groups attached to an aromatic ring is 1. The fourth-order valence-electron chi connectivity index (χ4n) is 2.45. The number of sulfone groups is 1. The zero-order valence-corrected chi connectivity index (χ0v) is 11.5. The van der Waals surface area contributed by atoms with E-state index in [1.165, 1.54) is 0 Å². The van der Waals surface area contributed by atoms with Gasteiger partial charge in [0.2, 0.25) is 0 Å². The SMILES string of the molecule is Nc1ccc2[nH]c(C(=O)NC3CCS(=O)(=O)C3)cc2c1. The van der Waals surface area contributed by atoms with Crippen molar-refractivity contribution in [2.24, 2.45) is 0 Å². The van der Waals surface area contributed by atoms with Gasteiger partial charge in [0.1, 0.15) is 5.69 Å². The van der Waals surface area contributed by atoms with Gasteiger partial charge >= 0.3 is 0 Å². The molecule has 20 heavy (non-hydrogen) atoms. The van der Waals surface area contributed by atoms with Crippen LogP contribution in [0, 0.1) is 0 Å². The number of benzene rings is 1. The minimum Gasteiger partial charge on any atom is -0.399 e.